The molecule has 6 aliphatic rings. The van der Waals surface area contributed by atoms with Crippen molar-refractivity contribution >= 4 is 34.1 Å². The first-order chi connectivity index (χ1) is 17.0. The van der Waals surface area contributed by atoms with Gasteiger partial charge in [-0.2, -0.15) is 9.78 Å². The highest BCUT2D eigenvalue weighted by Crippen LogP contribution is 2.63. The van der Waals surface area contributed by atoms with E-state index in [0.29, 0.717) is 55.8 Å². The van der Waals surface area contributed by atoms with Gasteiger partial charge in [0.1, 0.15) is 0 Å². The molecular weight excluding hydrogens is 501 g/mol. The van der Waals surface area contributed by atoms with Crippen LogP contribution in [0.15, 0.2) is 30.5 Å². The zero-order valence-electron chi connectivity index (χ0n) is 20.3. The van der Waals surface area contributed by atoms with E-state index in [9.17, 15) is 4.79 Å². The molecule has 2 aliphatic heterocycles. The number of ether oxygens (including phenoxy) is 1. The van der Waals surface area contributed by atoms with Gasteiger partial charge in [-0.3, -0.25) is 4.79 Å². The predicted molar refractivity (Wildman–Crippen MR) is 130 cm³/mol. The van der Waals surface area contributed by atoms with Crippen LogP contribution in [0.4, 0.5) is 5.69 Å². The van der Waals surface area contributed by atoms with E-state index in [0.717, 1.165) is 28.4 Å². The number of amides is 1. The van der Waals surface area contributed by atoms with Crippen molar-refractivity contribution in [2.45, 2.75) is 62.9 Å². The largest absolute Gasteiger partial charge is 1.00 e. The van der Waals surface area contributed by atoms with E-state index in [-0.39, 0.29) is 18.3 Å². The van der Waals surface area contributed by atoms with Gasteiger partial charge in [-0.25, -0.2) is 4.98 Å². The lowest BCUT2D eigenvalue weighted by molar-refractivity contribution is -0.390. The van der Waals surface area contributed by atoms with Gasteiger partial charge >= 0.3 is 0 Å². The number of carbonyl (C=O) groups excluding carboxylic acids is 1. The number of H-pyrrole nitrogens is 1. The summed E-state index contributed by atoms with van der Waals surface area (Å²) >= 11 is 6.11. The number of aromatic amines is 1. The molecule has 2 spiro atoms. The number of carbonyl (C=O) groups is 1. The molecule has 1 aromatic carbocycles. The van der Waals surface area contributed by atoms with Gasteiger partial charge in [0.15, 0.2) is 6.20 Å². The minimum Gasteiger partial charge on any atom is -1.00 e. The molecule has 9 heteroatoms. The van der Waals surface area contributed by atoms with Crippen LogP contribution in [-0.2, 0) is 19.3 Å². The van der Waals surface area contributed by atoms with Gasteiger partial charge in [0, 0.05) is 67.9 Å². The Morgan fingerprint density at radius 1 is 1.06 bits per heavy atom. The Labute approximate surface area is 222 Å². The first-order valence-corrected chi connectivity index (χ1v) is 13.6. The van der Waals surface area contributed by atoms with Gasteiger partial charge in [-0.1, -0.05) is 11.6 Å². The molecule has 2 aromatic rings. The van der Waals surface area contributed by atoms with Crippen LogP contribution in [0, 0.1) is 23.7 Å². The Morgan fingerprint density at radius 2 is 1.78 bits per heavy atom. The number of likely N-dealkylation sites (tertiary alicyclic amines) is 1. The zero-order valence-corrected chi connectivity index (χ0v) is 21.8. The molecule has 1 amide bonds. The molecule has 3 heterocycles. The predicted octanol–water partition coefficient (Wildman–Crippen LogP) is 1.56. The molecule has 36 heavy (non-hydrogen) atoms. The van der Waals surface area contributed by atoms with Crippen molar-refractivity contribution in [3.63, 3.8) is 0 Å². The first kappa shape index (κ1) is 24.7. The topological polar surface area (TPSA) is 74.2 Å². The molecule has 1 aromatic heterocycles. The van der Waals surface area contributed by atoms with E-state index in [2.05, 4.69) is 10.3 Å². The van der Waals surface area contributed by atoms with Crippen molar-refractivity contribution in [1.82, 2.24) is 4.90 Å². The summed E-state index contributed by atoms with van der Waals surface area (Å²) in [4.78, 5) is 30.2. The molecule has 4 saturated carbocycles. The maximum atomic E-state index is 12.9. The monoisotopic (exact) mass is 533 g/mol. The molecule has 8 rings (SSSR count). The number of nitrogens with one attached hydrogen (secondary N) is 2. The number of benzene rings is 1. The highest BCUT2D eigenvalue weighted by molar-refractivity contribution is 6.31. The van der Waals surface area contributed by atoms with Gasteiger partial charge in [0.2, 0.25) is 23.0 Å². The highest BCUT2D eigenvalue weighted by Gasteiger charge is 2.66. The normalized spacial score (nSPS) is 33.9. The summed E-state index contributed by atoms with van der Waals surface area (Å²) in [6.45, 7) is 1.86. The number of fused-ring (bicyclic) bond motifs is 1. The van der Waals surface area contributed by atoms with Crippen molar-refractivity contribution in [3.05, 3.63) is 35.5 Å². The summed E-state index contributed by atoms with van der Waals surface area (Å²) in [5.74, 6) is 1.56. The van der Waals surface area contributed by atoms with Crippen LogP contribution in [0.2, 0.25) is 5.02 Å². The van der Waals surface area contributed by atoms with Crippen LogP contribution < -0.4 is 22.7 Å². The lowest BCUT2D eigenvalue weighted by Crippen LogP contribution is -3.00. The second-order valence-electron chi connectivity index (χ2n) is 11.3. The smallest absolute Gasteiger partial charge is 0.224 e. The van der Waals surface area contributed by atoms with E-state index >= 15 is 0 Å². The fourth-order valence-corrected chi connectivity index (χ4v) is 7.86. The number of halogens is 2. The Hall–Kier alpha value is -1.64. The van der Waals surface area contributed by atoms with E-state index in [1.54, 1.807) is 0 Å². The molecule has 2 saturated heterocycles. The molecule has 4 bridgehead atoms. The quantitative estimate of drug-likeness (QED) is 0.603. The SMILES string of the molecule is O=C(CCNc1cc[nH+]c2cc(Cl)ccc12)N1CCC2(CC1)OOC1(O2)C2CC3CC(C2)CC1C3.[Cl-]. The molecule has 0 radical (unpaired) electrons. The number of anilines is 1. The first-order valence-electron chi connectivity index (χ1n) is 13.2. The third kappa shape index (κ3) is 4.08. The van der Waals surface area contributed by atoms with Crippen molar-refractivity contribution in [2.24, 2.45) is 23.7 Å². The van der Waals surface area contributed by atoms with Gasteiger partial charge in [0.05, 0.1) is 11.1 Å². The van der Waals surface area contributed by atoms with E-state index in [4.69, 9.17) is 26.1 Å². The van der Waals surface area contributed by atoms with E-state index in [1.807, 2.05) is 35.4 Å². The fraction of sp³-hybridized carbons (Fsp3) is 0.630. The minimum absolute atomic E-state index is 0. The molecule has 6 fully saturated rings. The Kier molecular flexibility index (Phi) is 6.36. The van der Waals surface area contributed by atoms with Crippen molar-refractivity contribution in [2.75, 3.05) is 25.0 Å². The lowest BCUT2D eigenvalue weighted by Gasteiger charge is -2.57. The second kappa shape index (κ2) is 9.28. The van der Waals surface area contributed by atoms with Gasteiger partial charge in [-0.15, -0.1) is 0 Å². The third-order valence-corrected chi connectivity index (χ3v) is 9.47. The number of aromatic nitrogens is 1. The molecule has 194 valence electrons. The van der Waals surface area contributed by atoms with Gasteiger partial charge in [0.25, 0.3) is 0 Å². The van der Waals surface area contributed by atoms with Gasteiger partial charge in [-0.05, 0) is 56.1 Å². The lowest BCUT2D eigenvalue weighted by atomic mass is 9.53. The second-order valence-corrected chi connectivity index (χ2v) is 11.8. The number of hydrogen-bond acceptors (Lipinski definition) is 5. The molecule has 0 unspecified atom stereocenters. The van der Waals surface area contributed by atoms with E-state index < -0.39 is 11.6 Å². The number of nitrogens with zero attached hydrogens (tertiary/aromatic N) is 1. The van der Waals surface area contributed by atoms with E-state index in [1.165, 1.54) is 32.1 Å². The summed E-state index contributed by atoms with van der Waals surface area (Å²) < 4.78 is 6.76. The van der Waals surface area contributed by atoms with Crippen LogP contribution in [-0.4, -0.2) is 42.0 Å². The maximum absolute atomic E-state index is 12.9. The molecular formula is C27H33Cl2N3O4. The molecule has 7 nitrogen and oxygen atoms in total. The van der Waals surface area contributed by atoms with Crippen LogP contribution in [0.3, 0.4) is 0 Å². The zero-order chi connectivity index (χ0) is 23.6. The summed E-state index contributed by atoms with van der Waals surface area (Å²) in [6.07, 6.45) is 9.91. The minimum atomic E-state index is -0.689. The summed E-state index contributed by atoms with van der Waals surface area (Å²) in [5.41, 5.74) is 1.96. The molecule has 0 atom stereocenters. The average molecular weight is 534 g/mol. The number of piperidine rings is 1. The van der Waals surface area contributed by atoms with Crippen molar-refractivity contribution in [1.29, 1.82) is 0 Å². The molecule has 2 N–H and O–H groups in total. The Balaban J connectivity index is 0.00000240. The third-order valence-electron chi connectivity index (χ3n) is 9.24. The number of rotatable bonds is 4. The van der Waals surface area contributed by atoms with Crippen LogP contribution >= 0.6 is 11.6 Å². The van der Waals surface area contributed by atoms with Crippen LogP contribution in [0.5, 0.6) is 0 Å². The standard InChI is InChI=1S/C27H32ClN3O4.ClH/c28-21-1-2-22-23(3-7-30-24(22)16-21)29-8-4-25(32)31-9-5-26(6-10-31)33-27(35-34-26)19-12-17-11-18(14-19)15-20(27)13-17;/h1-3,7,16-20H,4-6,8-15H2,(H,29,30);1H. The highest BCUT2D eigenvalue weighted by atomic mass is 35.5. The van der Waals surface area contributed by atoms with Crippen LogP contribution in [0.25, 0.3) is 10.9 Å². The summed E-state index contributed by atoms with van der Waals surface area (Å²) in [6, 6.07) is 7.76. The summed E-state index contributed by atoms with van der Waals surface area (Å²) in [7, 11) is 0. The van der Waals surface area contributed by atoms with Crippen molar-refractivity contribution in [3.8, 4) is 0 Å². The molecule has 4 aliphatic carbocycles. The Bertz CT molecular complexity index is 1130. The van der Waals surface area contributed by atoms with Crippen molar-refractivity contribution < 1.29 is 36.7 Å². The fourth-order valence-electron chi connectivity index (χ4n) is 7.68. The maximum Gasteiger partial charge on any atom is 0.224 e. The summed E-state index contributed by atoms with van der Waals surface area (Å²) in [5, 5.41) is 5.16. The van der Waals surface area contributed by atoms with Crippen LogP contribution in [0.1, 0.15) is 51.4 Å². The Morgan fingerprint density at radius 3 is 2.50 bits per heavy atom. The number of pyridine rings is 1. The number of hydrogen-bond donors (Lipinski definition) is 1. The van der Waals surface area contributed by atoms with Gasteiger partial charge < -0.3 is 27.4 Å². The average Bonchev–Trinajstić information content (AvgIpc) is 3.22.